The molecule has 0 bridgehead atoms. The minimum absolute atomic E-state index is 0.0936. The van der Waals surface area contributed by atoms with Crippen LogP contribution in [0.2, 0.25) is 5.02 Å². The van der Waals surface area contributed by atoms with E-state index < -0.39 is 26.7 Å². The molecule has 30 heavy (non-hydrogen) atoms. The van der Waals surface area contributed by atoms with Crippen LogP contribution < -0.4 is 9.46 Å². The Morgan fingerprint density at radius 3 is 2.33 bits per heavy atom. The highest BCUT2D eigenvalue weighted by atomic mass is 35.5. The van der Waals surface area contributed by atoms with E-state index in [-0.39, 0.29) is 33.3 Å². The topological polar surface area (TPSA) is 116 Å². The average Bonchev–Trinajstić information content (AvgIpc) is 2.73. The first-order valence-electron chi connectivity index (χ1n) is 7.99. The molecule has 0 amide bonds. The van der Waals surface area contributed by atoms with Gasteiger partial charge in [-0.25, -0.2) is 22.2 Å². The van der Waals surface area contributed by atoms with Gasteiger partial charge in [0.05, 0.1) is 27.2 Å². The maximum absolute atomic E-state index is 14.3. The van der Waals surface area contributed by atoms with Crippen molar-refractivity contribution < 1.29 is 21.9 Å². The van der Waals surface area contributed by atoms with Crippen molar-refractivity contribution in [2.45, 2.75) is 4.90 Å². The van der Waals surface area contributed by atoms with E-state index in [1.165, 1.54) is 6.07 Å². The van der Waals surface area contributed by atoms with Crippen LogP contribution in [-0.2, 0) is 10.0 Å². The molecule has 0 unspecified atom stereocenters. The van der Waals surface area contributed by atoms with Gasteiger partial charge >= 0.3 is 0 Å². The first-order valence-corrected chi connectivity index (χ1v) is 9.85. The number of hydrogen-bond donors (Lipinski definition) is 1. The molecule has 2 aromatic carbocycles. The molecule has 0 aliphatic rings. The summed E-state index contributed by atoms with van der Waals surface area (Å²) in [4.78, 5) is 3.31. The molecule has 3 rings (SSSR count). The predicted octanol–water partition coefficient (Wildman–Crippen LogP) is 4.35. The van der Waals surface area contributed by atoms with Gasteiger partial charge in [0.1, 0.15) is 29.5 Å². The van der Waals surface area contributed by atoms with Gasteiger partial charge in [-0.1, -0.05) is 11.6 Å². The SMILES string of the molecule is N#Cc1cc(S(=O)(=O)Nc2ccc(F)cn2)ccc1Oc1ccc(C#N)c(Cl)c1F. The molecule has 7 nitrogen and oxygen atoms in total. The van der Waals surface area contributed by atoms with E-state index in [9.17, 15) is 22.5 Å². The minimum Gasteiger partial charge on any atom is -0.453 e. The highest BCUT2D eigenvalue weighted by molar-refractivity contribution is 7.92. The van der Waals surface area contributed by atoms with Gasteiger partial charge in [-0.15, -0.1) is 0 Å². The van der Waals surface area contributed by atoms with E-state index in [1.54, 1.807) is 12.1 Å². The summed E-state index contributed by atoms with van der Waals surface area (Å²) in [6.07, 6.45) is 0.840. The van der Waals surface area contributed by atoms with Gasteiger partial charge in [-0.05, 0) is 42.5 Å². The molecule has 1 N–H and O–H groups in total. The molecular formula is C19H9ClF2N4O3S. The van der Waals surface area contributed by atoms with Crippen LogP contribution in [0, 0.1) is 34.3 Å². The molecule has 150 valence electrons. The van der Waals surface area contributed by atoms with Gasteiger partial charge in [0, 0.05) is 0 Å². The van der Waals surface area contributed by atoms with Crippen LogP contribution in [0.5, 0.6) is 11.5 Å². The standard InChI is InChI=1S/C19H9ClF2N4O3S/c20-18-11(8-23)1-4-16(19(18)22)29-15-5-3-14(7-12(15)9-24)30(27,28)26-17-6-2-13(21)10-25-17/h1-7,10H,(H,25,26). The summed E-state index contributed by atoms with van der Waals surface area (Å²) < 4.78 is 59.7. The van der Waals surface area contributed by atoms with E-state index in [0.29, 0.717) is 0 Å². The Hall–Kier alpha value is -3.73. The summed E-state index contributed by atoms with van der Waals surface area (Å²) in [6.45, 7) is 0. The van der Waals surface area contributed by atoms with Crippen LogP contribution in [0.1, 0.15) is 11.1 Å². The molecule has 0 atom stereocenters. The monoisotopic (exact) mass is 446 g/mol. The van der Waals surface area contributed by atoms with Crippen LogP contribution in [0.3, 0.4) is 0 Å². The van der Waals surface area contributed by atoms with Crippen molar-refractivity contribution in [3.63, 3.8) is 0 Å². The van der Waals surface area contributed by atoms with Gasteiger partial charge in [0.2, 0.25) is 0 Å². The summed E-state index contributed by atoms with van der Waals surface area (Å²) in [5.74, 6) is -2.23. The molecule has 0 spiro atoms. The van der Waals surface area contributed by atoms with E-state index in [1.807, 2.05) is 0 Å². The Balaban J connectivity index is 1.92. The first-order chi connectivity index (χ1) is 14.2. The highest BCUT2D eigenvalue weighted by Crippen LogP contribution is 2.33. The number of nitrogens with zero attached hydrogens (tertiary/aromatic N) is 3. The molecule has 1 aromatic heterocycles. The number of rotatable bonds is 5. The third-order valence-corrected chi connectivity index (χ3v) is 5.46. The third-order valence-electron chi connectivity index (χ3n) is 3.74. The summed E-state index contributed by atoms with van der Waals surface area (Å²) in [6, 6.07) is 11.4. The third kappa shape index (κ3) is 4.30. The fraction of sp³-hybridized carbons (Fsp3) is 0. The van der Waals surface area contributed by atoms with E-state index >= 15 is 0 Å². The van der Waals surface area contributed by atoms with Crippen molar-refractivity contribution in [1.82, 2.24) is 4.98 Å². The second kappa shape index (κ2) is 8.33. The number of hydrogen-bond acceptors (Lipinski definition) is 6. The molecule has 0 radical (unpaired) electrons. The van der Waals surface area contributed by atoms with Crippen molar-refractivity contribution >= 4 is 27.4 Å². The van der Waals surface area contributed by atoms with Crippen LogP contribution in [0.15, 0.2) is 53.6 Å². The Kier molecular flexibility index (Phi) is 5.83. The van der Waals surface area contributed by atoms with Crippen LogP contribution in [-0.4, -0.2) is 13.4 Å². The summed E-state index contributed by atoms with van der Waals surface area (Å²) in [7, 11) is -4.15. The molecule has 11 heteroatoms. The quantitative estimate of drug-likeness (QED) is 0.622. The average molecular weight is 447 g/mol. The first kappa shape index (κ1) is 21.0. The van der Waals surface area contributed by atoms with Crippen molar-refractivity contribution in [1.29, 1.82) is 10.5 Å². The zero-order chi connectivity index (χ0) is 21.9. The number of nitriles is 2. The van der Waals surface area contributed by atoms with Crippen LogP contribution in [0.4, 0.5) is 14.6 Å². The molecule has 0 aliphatic carbocycles. The van der Waals surface area contributed by atoms with Gasteiger partial charge in [0.15, 0.2) is 11.6 Å². The lowest BCUT2D eigenvalue weighted by Gasteiger charge is -2.12. The molecule has 1 heterocycles. The maximum Gasteiger partial charge on any atom is 0.263 e. The van der Waals surface area contributed by atoms with E-state index in [0.717, 1.165) is 42.6 Å². The van der Waals surface area contributed by atoms with E-state index in [2.05, 4.69) is 9.71 Å². The predicted molar refractivity (Wildman–Crippen MR) is 102 cm³/mol. The number of ether oxygens (including phenoxy) is 1. The second-order valence-corrected chi connectivity index (χ2v) is 7.75. The van der Waals surface area contributed by atoms with Crippen molar-refractivity contribution in [3.8, 4) is 23.6 Å². The number of halogens is 3. The second-order valence-electron chi connectivity index (χ2n) is 5.69. The summed E-state index contributed by atoms with van der Waals surface area (Å²) in [5.41, 5.74) is -0.297. The number of aromatic nitrogens is 1. The zero-order valence-corrected chi connectivity index (χ0v) is 16.3. The molecule has 0 aliphatic heterocycles. The number of pyridine rings is 1. The van der Waals surface area contributed by atoms with Crippen LogP contribution in [0.25, 0.3) is 0 Å². The largest absolute Gasteiger partial charge is 0.453 e. The van der Waals surface area contributed by atoms with Crippen molar-refractivity contribution in [2.75, 3.05) is 4.72 Å². The smallest absolute Gasteiger partial charge is 0.263 e. The minimum atomic E-state index is -4.15. The maximum atomic E-state index is 14.3. The van der Waals surface area contributed by atoms with Gasteiger partial charge in [-0.2, -0.15) is 10.5 Å². The summed E-state index contributed by atoms with van der Waals surface area (Å²) in [5, 5.41) is 17.8. The molecule has 0 saturated heterocycles. The van der Waals surface area contributed by atoms with Crippen molar-refractivity contribution in [3.05, 3.63) is 76.4 Å². The Bertz CT molecular complexity index is 1320. The lowest BCUT2D eigenvalue weighted by atomic mass is 10.2. The van der Waals surface area contributed by atoms with Gasteiger partial charge in [0.25, 0.3) is 10.0 Å². The number of benzene rings is 2. The van der Waals surface area contributed by atoms with Gasteiger partial charge < -0.3 is 4.74 Å². The fourth-order valence-electron chi connectivity index (χ4n) is 2.30. The Morgan fingerprint density at radius 1 is 1.00 bits per heavy atom. The Labute approximate surface area is 174 Å². The lowest BCUT2D eigenvalue weighted by molar-refractivity contribution is 0.441. The molecule has 3 aromatic rings. The Morgan fingerprint density at radius 2 is 1.70 bits per heavy atom. The number of sulfonamides is 1. The van der Waals surface area contributed by atoms with Crippen LogP contribution >= 0.6 is 11.6 Å². The lowest BCUT2D eigenvalue weighted by Crippen LogP contribution is -2.14. The van der Waals surface area contributed by atoms with E-state index in [4.69, 9.17) is 21.6 Å². The number of anilines is 1. The van der Waals surface area contributed by atoms with Crippen molar-refractivity contribution in [2.24, 2.45) is 0 Å². The summed E-state index contributed by atoms with van der Waals surface area (Å²) >= 11 is 5.75. The molecular weight excluding hydrogens is 438 g/mol. The van der Waals surface area contributed by atoms with Gasteiger partial charge in [-0.3, -0.25) is 4.72 Å². The highest BCUT2D eigenvalue weighted by Gasteiger charge is 2.19. The molecule has 0 fully saturated rings. The fourth-order valence-corrected chi connectivity index (χ4v) is 3.53. The number of nitrogens with one attached hydrogen (secondary N) is 1. The zero-order valence-electron chi connectivity index (χ0n) is 14.7. The normalized spacial score (nSPS) is 10.7. The molecule has 0 saturated carbocycles.